The summed E-state index contributed by atoms with van der Waals surface area (Å²) >= 11 is 0. The van der Waals surface area contributed by atoms with Crippen LogP contribution in [0.4, 0.5) is 5.82 Å². The van der Waals surface area contributed by atoms with Crippen molar-refractivity contribution in [2.24, 2.45) is 4.99 Å². The van der Waals surface area contributed by atoms with E-state index in [1.165, 1.54) is 19.3 Å². The molecule has 0 saturated heterocycles. The molecule has 1 aromatic rings. The summed E-state index contributed by atoms with van der Waals surface area (Å²) < 4.78 is 0. The molecule has 1 aliphatic carbocycles. The molecule has 92 valence electrons. The second kappa shape index (κ2) is 6.09. The van der Waals surface area contributed by atoms with Crippen LogP contribution in [0.25, 0.3) is 0 Å². The summed E-state index contributed by atoms with van der Waals surface area (Å²) in [6.45, 7) is 3.49. The molecule has 0 spiro atoms. The summed E-state index contributed by atoms with van der Waals surface area (Å²) in [5.41, 5.74) is 2.06. The van der Waals surface area contributed by atoms with E-state index in [1.54, 1.807) is 0 Å². The Balaban J connectivity index is 2.49. The van der Waals surface area contributed by atoms with Crippen LogP contribution in [0.15, 0.2) is 11.6 Å². The lowest BCUT2D eigenvalue weighted by Gasteiger charge is -2.09. The van der Waals surface area contributed by atoms with Crippen LogP contribution in [-0.4, -0.2) is 15.8 Å². The Morgan fingerprint density at radius 1 is 1.06 bits per heavy atom. The summed E-state index contributed by atoms with van der Waals surface area (Å²) in [5, 5.41) is 8.96. The van der Waals surface area contributed by atoms with Crippen molar-refractivity contribution in [1.29, 1.82) is 5.26 Å². The van der Waals surface area contributed by atoms with E-state index < -0.39 is 0 Å². The van der Waals surface area contributed by atoms with Gasteiger partial charge in [0.15, 0.2) is 5.82 Å². The van der Waals surface area contributed by atoms with Crippen LogP contribution in [0.3, 0.4) is 0 Å². The Bertz CT molecular complexity index is 521. The number of nitrogens with zero attached hydrogens (tertiary/aromatic N) is 4. The molecular weight excluding hydrogens is 224 g/mol. The molecular formula is C14H16N4. The summed E-state index contributed by atoms with van der Waals surface area (Å²) in [6.07, 6.45) is 7.82. The maximum absolute atomic E-state index is 8.96. The van der Waals surface area contributed by atoms with Crippen LogP contribution < -0.4 is 0 Å². The Hall–Kier alpha value is -1.98. The van der Waals surface area contributed by atoms with Crippen LogP contribution in [0, 0.1) is 11.3 Å². The quantitative estimate of drug-likeness (QED) is 0.709. The Labute approximate surface area is 107 Å². The summed E-state index contributed by atoms with van der Waals surface area (Å²) in [4.78, 5) is 12.6. The highest BCUT2D eigenvalue weighted by atomic mass is 15.0. The van der Waals surface area contributed by atoms with E-state index in [4.69, 9.17) is 5.26 Å². The van der Waals surface area contributed by atoms with E-state index in [9.17, 15) is 0 Å². The Morgan fingerprint density at radius 3 is 2.50 bits per heavy atom. The number of hydrogen-bond donors (Lipinski definition) is 0. The van der Waals surface area contributed by atoms with Gasteiger partial charge in [-0.2, -0.15) is 15.2 Å². The minimum absolute atomic E-state index is 0.196. The van der Waals surface area contributed by atoms with Crippen LogP contribution in [0.5, 0.6) is 0 Å². The van der Waals surface area contributed by atoms with Gasteiger partial charge in [-0.15, -0.1) is 0 Å². The van der Waals surface area contributed by atoms with E-state index in [0.717, 1.165) is 36.9 Å². The molecule has 0 bridgehead atoms. The first kappa shape index (κ1) is 12.5. The van der Waals surface area contributed by atoms with Gasteiger partial charge in [0.1, 0.15) is 6.07 Å². The molecule has 2 rings (SSSR count). The monoisotopic (exact) mass is 240 g/mol. The van der Waals surface area contributed by atoms with Crippen molar-refractivity contribution in [2.75, 3.05) is 0 Å². The van der Waals surface area contributed by atoms with Crippen molar-refractivity contribution in [3.05, 3.63) is 23.7 Å². The van der Waals surface area contributed by atoms with Crippen LogP contribution >= 0.6 is 0 Å². The first-order valence-corrected chi connectivity index (χ1v) is 6.38. The van der Waals surface area contributed by atoms with Gasteiger partial charge >= 0.3 is 0 Å². The fraction of sp³-hybridized carbons (Fsp3) is 0.500. The number of hydrogen-bond acceptors (Lipinski definition) is 4. The SMILES string of the molecule is C=C=Nc1nc(C#N)nc2c1CCCCCCC2. The highest BCUT2D eigenvalue weighted by molar-refractivity contribution is 5.56. The normalized spacial score (nSPS) is 15.3. The molecule has 4 nitrogen and oxygen atoms in total. The maximum atomic E-state index is 8.96. The van der Waals surface area contributed by atoms with Crippen molar-refractivity contribution in [3.8, 4) is 6.07 Å². The van der Waals surface area contributed by atoms with E-state index >= 15 is 0 Å². The zero-order chi connectivity index (χ0) is 12.8. The summed E-state index contributed by atoms with van der Waals surface area (Å²) in [6, 6.07) is 2.00. The number of aliphatic imine (C=N–C) groups is 1. The highest BCUT2D eigenvalue weighted by Crippen LogP contribution is 2.25. The predicted molar refractivity (Wildman–Crippen MR) is 70.0 cm³/mol. The molecule has 1 heterocycles. The molecule has 1 aromatic heterocycles. The van der Waals surface area contributed by atoms with Crippen molar-refractivity contribution in [3.63, 3.8) is 0 Å². The average molecular weight is 240 g/mol. The fourth-order valence-corrected chi connectivity index (χ4v) is 2.32. The largest absolute Gasteiger partial charge is 0.234 e. The van der Waals surface area contributed by atoms with Gasteiger partial charge < -0.3 is 0 Å². The second-order valence-corrected chi connectivity index (χ2v) is 4.45. The van der Waals surface area contributed by atoms with Gasteiger partial charge in [0.25, 0.3) is 0 Å². The fourth-order valence-electron chi connectivity index (χ4n) is 2.32. The van der Waals surface area contributed by atoms with Gasteiger partial charge in [0.2, 0.25) is 5.82 Å². The molecule has 0 fully saturated rings. The van der Waals surface area contributed by atoms with E-state index in [-0.39, 0.29) is 5.82 Å². The van der Waals surface area contributed by atoms with Crippen molar-refractivity contribution < 1.29 is 0 Å². The topological polar surface area (TPSA) is 61.9 Å². The Kier molecular flexibility index (Phi) is 4.22. The third-order valence-electron chi connectivity index (χ3n) is 3.20. The first-order chi connectivity index (χ1) is 8.85. The minimum Gasteiger partial charge on any atom is -0.224 e. The predicted octanol–water partition coefficient (Wildman–Crippen LogP) is 2.88. The lowest BCUT2D eigenvalue weighted by molar-refractivity contribution is 0.628. The van der Waals surface area contributed by atoms with E-state index in [0.29, 0.717) is 5.82 Å². The first-order valence-electron chi connectivity index (χ1n) is 6.38. The molecule has 4 heteroatoms. The number of fused-ring (bicyclic) bond motifs is 1. The Morgan fingerprint density at radius 2 is 1.78 bits per heavy atom. The van der Waals surface area contributed by atoms with Crippen LogP contribution in [0.2, 0.25) is 0 Å². The molecule has 0 aliphatic heterocycles. The third kappa shape index (κ3) is 2.82. The van der Waals surface area contributed by atoms with Crippen LogP contribution in [0.1, 0.15) is 49.2 Å². The molecule has 0 N–H and O–H groups in total. The van der Waals surface area contributed by atoms with Gasteiger partial charge in [-0.3, -0.25) is 0 Å². The minimum atomic E-state index is 0.196. The number of rotatable bonds is 1. The van der Waals surface area contributed by atoms with Crippen molar-refractivity contribution in [1.82, 2.24) is 9.97 Å². The maximum Gasteiger partial charge on any atom is 0.234 e. The second-order valence-electron chi connectivity index (χ2n) is 4.45. The van der Waals surface area contributed by atoms with Crippen LogP contribution in [-0.2, 0) is 12.8 Å². The number of nitriles is 1. The van der Waals surface area contributed by atoms with E-state index in [2.05, 4.69) is 27.4 Å². The molecule has 0 unspecified atom stereocenters. The molecule has 0 atom stereocenters. The van der Waals surface area contributed by atoms with Gasteiger partial charge in [0, 0.05) is 5.56 Å². The third-order valence-corrected chi connectivity index (χ3v) is 3.20. The average Bonchev–Trinajstić information content (AvgIpc) is 2.50. The summed E-state index contributed by atoms with van der Waals surface area (Å²) in [5.74, 6) is 3.29. The lowest BCUT2D eigenvalue weighted by Crippen LogP contribution is -2.03. The van der Waals surface area contributed by atoms with Gasteiger partial charge in [-0.05, 0) is 38.1 Å². The molecule has 0 saturated carbocycles. The van der Waals surface area contributed by atoms with Gasteiger partial charge in [0.05, 0.1) is 5.69 Å². The highest BCUT2D eigenvalue weighted by Gasteiger charge is 2.14. The van der Waals surface area contributed by atoms with Gasteiger partial charge in [-0.1, -0.05) is 19.3 Å². The zero-order valence-corrected chi connectivity index (χ0v) is 10.4. The molecule has 0 aromatic carbocycles. The molecule has 0 amide bonds. The number of aryl methyl sites for hydroxylation is 1. The van der Waals surface area contributed by atoms with E-state index in [1.807, 2.05) is 6.07 Å². The van der Waals surface area contributed by atoms with Gasteiger partial charge in [-0.25, -0.2) is 4.98 Å². The zero-order valence-electron chi connectivity index (χ0n) is 10.4. The van der Waals surface area contributed by atoms with Crippen molar-refractivity contribution >= 4 is 11.7 Å². The summed E-state index contributed by atoms with van der Waals surface area (Å²) in [7, 11) is 0. The standard InChI is InChI=1S/C14H16N4/c1-2-16-14-11-8-6-4-3-5-7-9-12(11)17-13(10-15)18-14/h1,3-9H2. The lowest BCUT2D eigenvalue weighted by atomic mass is 10.1. The smallest absolute Gasteiger partial charge is 0.224 e. The molecule has 1 aliphatic rings. The number of aromatic nitrogens is 2. The van der Waals surface area contributed by atoms with Crippen molar-refractivity contribution in [2.45, 2.75) is 44.9 Å². The molecule has 0 radical (unpaired) electrons. The molecule has 18 heavy (non-hydrogen) atoms.